The number of rotatable bonds is 8. The molecule has 1 aromatic carbocycles. The zero-order valence-electron chi connectivity index (χ0n) is 17.2. The second-order valence-electron chi connectivity index (χ2n) is 8.03. The molecule has 1 aliphatic carbocycles. The molecule has 9 heteroatoms. The van der Waals surface area contributed by atoms with Crippen LogP contribution in [0.1, 0.15) is 51.4 Å². The van der Waals surface area contributed by atoms with Gasteiger partial charge in [-0.2, -0.15) is 4.31 Å². The van der Waals surface area contributed by atoms with Crippen molar-refractivity contribution in [2.24, 2.45) is 0 Å². The van der Waals surface area contributed by atoms with Crippen LogP contribution < -0.4 is 5.32 Å². The Balaban J connectivity index is 1.33. The number of carbonyl (C=O) groups is 1. The van der Waals surface area contributed by atoms with E-state index in [-0.39, 0.29) is 10.8 Å². The van der Waals surface area contributed by atoms with E-state index in [1.54, 1.807) is 22.9 Å². The summed E-state index contributed by atoms with van der Waals surface area (Å²) in [5, 5.41) is 11.2. The van der Waals surface area contributed by atoms with E-state index in [4.69, 9.17) is 0 Å². The third-order valence-electron chi connectivity index (χ3n) is 5.89. The zero-order valence-corrected chi connectivity index (χ0v) is 18.0. The first-order chi connectivity index (χ1) is 14.5. The molecule has 2 aliphatic rings. The van der Waals surface area contributed by atoms with Crippen LogP contribution in [-0.2, 0) is 21.4 Å². The SMILES string of the molecule is O=C(CCn1nnc2cc(S(=O)(=O)N3CCCC3)ccc21)NCCC1=CCCCC1. The molecule has 2 aromatic rings. The normalized spacial score (nSPS) is 17.9. The highest BCUT2D eigenvalue weighted by atomic mass is 32.2. The molecular formula is C21H29N5O3S. The molecule has 162 valence electrons. The zero-order chi connectivity index (χ0) is 21.0. The molecule has 1 saturated heterocycles. The second-order valence-corrected chi connectivity index (χ2v) is 9.97. The van der Waals surface area contributed by atoms with E-state index in [1.807, 2.05) is 0 Å². The van der Waals surface area contributed by atoms with Crippen molar-refractivity contribution in [2.75, 3.05) is 19.6 Å². The molecule has 0 atom stereocenters. The van der Waals surface area contributed by atoms with Crippen LogP contribution in [0.2, 0.25) is 0 Å². The van der Waals surface area contributed by atoms with Crippen LogP contribution in [0.4, 0.5) is 0 Å². The molecule has 2 heterocycles. The lowest BCUT2D eigenvalue weighted by Crippen LogP contribution is -2.27. The minimum Gasteiger partial charge on any atom is -0.356 e. The summed E-state index contributed by atoms with van der Waals surface area (Å²) in [6.07, 6.45) is 10.2. The number of benzene rings is 1. The first-order valence-corrected chi connectivity index (χ1v) is 12.3. The van der Waals surface area contributed by atoms with E-state index < -0.39 is 10.0 Å². The summed E-state index contributed by atoms with van der Waals surface area (Å²) < 4.78 is 28.6. The van der Waals surface area contributed by atoms with Gasteiger partial charge in [0.15, 0.2) is 0 Å². The van der Waals surface area contributed by atoms with Crippen LogP contribution in [0.5, 0.6) is 0 Å². The predicted octanol–water partition coefficient (Wildman–Crippen LogP) is 2.61. The predicted molar refractivity (Wildman–Crippen MR) is 114 cm³/mol. The van der Waals surface area contributed by atoms with Gasteiger partial charge < -0.3 is 5.32 Å². The fraction of sp³-hybridized carbons (Fsp3) is 0.571. The topological polar surface area (TPSA) is 97.2 Å². The quantitative estimate of drug-likeness (QED) is 0.648. The Morgan fingerprint density at radius 3 is 2.73 bits per heavy atom. The molecular weight excluding hydrogens is 402 g/mol. The summed E-state index contributed by atoms with van der Waals surface area (Å²) in [5.41, 5.74) is 2.71. The monoisotopic (exact) mass is 431 g/mol. The number of allylic oxidation sites excluding steroid dienone is 1. The number of aromatic nitrogens is 3. The molecule has 0 spiro atoms. The number of amides is 1. The Morgan fingerprint density at radius 1 is 1.13 bits per heavy atom. The van der Waals surface area contributed by atoms with Gasteiger partial charge in [-0.15, -0.1) is 5.10 Å². The highest BCUT2D eigenvalue weighted by molar-refractivity contribution is 7.89. The molecule has 30 heavy (non-hydrogen) atoms. The lowest BCUT2D eigenvalue weighted by atomic mass is 9.97. The third kappa shape index (κ3) is 4.73. The molecule has 1 aromatic heterocycles. The average molecular weight is 432 g/mol. The van der Waals surface area contributed by atoms with Crippen molar-refractivity contribution in [3.05, 3.63) is 29.8 Å². The van der Waals surface area contributed by atoms with Crippen molar-refractivity contribution in [2.45, 2.75) is 62.8 Å². The van der Waals surface area contributed by atoms with Gasteiger partial charge in [-0.05, 0) is 63.1 Å². The summed E-state index contributed by atoms with van der Waals surface area (Å²) in [5.74, 6) is -0.0108. The van der Waals surface area contributed by atoms with Gasteiger partial charge in [0.05, 0.1) is 17.0 Å². The fourth-order valence-corrected chi connectivity index (χ4v) is 5.68. The molecule has 1 fully saturated rings. The van der Waals surface area contributed by atoms with Gasteiger partial charge in [0.1, 0.15) is 5.52 Å². The first-order valence-electron chi connectivity index (χ1n) is 10.8. The number of hydrogen-bond acceptors (Lipinski definition) is 5. The van der Waals surface area contributed by atoms with E-state index >= 15 is 0 Å². The van der Waals surface area contributed by atoms with Crippen LogP contribution in [0.3, 0.4) is 0 Å². The van der Waals surface area contributed by atoms with Crippen LogP contribution in [0.25, 0.3) is 11.0 Å². The molecule has 1 aliphatic heterocycles. The van der Waals surface area contributed by atoms with Gasteiger partial charge in [0, 0.05) is 26.1 Å². The summed E-state index contributed by atoms with van der Waals surface area (Å²) in [6.45, 7) is 2.21. The Bertz CT molecular complexity index is 1040. The van der Waals surface area contributed by atoms with Gasteiger partial charge in [0.25, 0.3) is 0 Å². The summed E-state index contributed by atoms with van der Waals surface area (Å²) >= 11 is 0. The molecule has 1 N–H and O–H groups in total. The van der Waals surface area contributed by atoms with Crippen LogP contribution >= 0.6 is 0 Å². The molecule has 1 amide bonds. The van der Waals surface area contributed by atoms with Gasteiger partial charge in [0.2, 0.25) is 15.9 Å². The number of nitrogens with one attached hydrogen (secondary N) is 1. The Labute approximate surface area is 177 Å². The number of aryl methyl sites for hydroxylation is 1. The Kier molecular flexibility index (Phi) is 6.48. The van der Waals surface area contributed by atoms with Crippen molar-refractivity contribution in [3.8, 4) is 0 Å². The van der Waals surface area contributed by atoms with Crippen LogP contribution in [-0.4, -0.2) is 53.3 Å². The van der Waals surface area contributed by atoms with Gasteiger partial charge in [-0.25, -0.2) is 13.1 Å². The minimum atomic E-state index is -3.48. The largest absolute Gasteiger partial charge is 0.356 e. The van der Waals surface area contributed by atoms with Gasteiger partial charge >= 0.3 is 0 Å². The van der Waals surface area contributed by atoms with E-state index in [1.165, 1.54) is 22.7 Å². The lowest BCUT2D eigenvalue weighted by molar-refractivity contribution is -0.121. The maximum atomic E-state index is 12.7. The second kappa shape index (κ2) is 9.26. The molecule has 0 bridgehead atoms. The van der Waals surface area contributed by atoms with Crippen molar-refractivity contribution in [3.63, 3.8) is 0 Å². The molecule has 0 saturated carbocycles. The highest BCUT2D eigenvalue weighted by Gasteiger charge is 2.27. The maximum absolute atomic E-state index is 12.7. The van der Waals surface area contributed by atoms with Crippen LogP contribution in [0, 0.1) is 0 Å². The molecule has 8 nitrogen and oxygen atoms in total. The minimum absolute atomic E-state index is 0.0108. The average Bonchev–Trinajstić information content (AvgIpc) is 3.43. The number of nitrogens with zero attached hydrogens (tertiary/aromatic N) is 4. The molecule has 4 rings (SSSR count). The number of sulfonamides is 1. The van der Waals surface area contributed by atoms with Crippen molar-refractivity contribution in [1.82, 2.24) is 24.6 Å². The summed E-state index contributed by atoms with van der Waals surface area (Å²) in [4.78, 5) is 12.4. The summed E-state index contributed by atoms with van der Waals surface area (Å²) in [7, 11) is -3.48. The lowest BCUT2D eigenvalue weighted by Gasteiger charge is -2.15. The number of hydrogen-bond donors (Lipinski definition) is 1. The number of fused-ring (bicyclic) bond motifs is 1. The van der Waals surface area contributed by atoms with E-state index in [0.29, 0.717) is 38.1 Å². The van der Waals surface area contributed by atoms with Crippen molar-refractivity contribution in [1.29, 1.82) is 0 Å². The van der Waals surface area contributed by atoms with Gasteiger partial charge in [-0.3, -0.25) is 4.79 Å². The first kappa shape index (κ1) is 21.0. The summed E-state index contributed by atoms with van der Waals surface area (Å²) in [6, 6.07) is 4.91. The molecule has 0 unspecified atom stereocenters. The maximum Gasteiger partial charge on any atom is 0.243 e. The van der Waals surface area contributed by atoms with Crippen molar-refractivity contribution < 1.29 is 13.2 Å². The van der Waals surface area contributed by atoms with Gasteiger partial charge in [-0.1, -0.05) is 16.9 Å². The smallest absolute Gasteiger partial charge is 0.243 e. The Morgan fingerprint density at radius 2 is 1.97 bits per heavy atom. The van der Waals surface area contributed by atoms with E-state index in [0.717, 1.165) is 37.6 Å². The van der Waals surface area contributed by atoms with Crippen molar-refractivity contribution >= 4 is 27.0 Å². The van der Waals surface area contributed by atoms with E-state index in [2.05, 4.69) is 21.7 Å². The third-order valence-corrected chi connectivity index (χ3v) is 7.79. The number of carbonyl (C=O) groups excluding carboxylic acids is 1. The standard InChI is InChI=1S/C21H29N5O3S/c27-21(22-12-10-17-6-2-1-3-7-17)11-15-26-20-9-8-18(16-19(20)23-24-26)30(28,29)25-13-4-5-14-25/h6,8-9,16H,1-5,7,10-15H2,(H,22,27). The Hall–Kier alpha value is -2.26. The highest BCUT2D eigenvalue weighted by Crippen LogP contribution is 2.24. The molecule has 0 radical (unpaired) electrons. The van der Waals surface area contributed by atoms with Crippen LogP contribution in [0.15, 0.2) is 34.7 Å². The van der Waals surface area contributed by atoms with E-state index in [9.17, 15) is 13.2 Å². The fourth-order valence-electron chi connectivity index (χ4n) is 4.15.